The van der Waals surface area contributed by atoms with Crippen molar-refractivity contribution in [3.05, 3.63) is 24.3 Å². The number of benzene rings is 1. The number of carbonyl (C=O) groups excluding carboxylic acids is 1. The Kier molecular flexibility index (Phi) is 4.10. The summed E-state index contributed by atoms with van der Waals surface area (Å²) in [5.41, 5.74) is 1.75. The third-order valence-corrected chi connectivity index (χ3v) is 5.71. The van der Waals surface area contributed by atoms with Crippen molar-refractivity contribution in [2.75, 3.05) is 22.5 Å². The van der Waals surface area contributed by atoms with Gasteiger partial charge in [-0.05, 0) is 25.0 Å². The van der Waals surface area contributed by atoms with Crippen molar-refractivity contribution in [3.63, 3.8) is 0 Å². The molecule has 2 aliphatic rings. The van der Waals surface area contributed by atoms with Crippen molar-refractivity contribution in [1.82, 2.24) is 4.72 Å². The van der Waals surface area contributed by atoms with Crippen molar-refractivity contribution in [2.45, 2.75) is 38.3 Å². The van der Waals surface area contributed by atoms with Gasteiger partial charge in [0, 0.05) is 12.6 Å². The molecule has 1 amide bonds. The van der Waals surface area contributed by atoms with Crippen LogP contribution in [0.15, 0.2) is 24.3 Å². The molecule has 0 aliphatic carbocycles. The molecule has 6 nitrogen and oxygen atoms in total. The van der Waals surface area contributed by atoms with E-state index in [4.69, 9.17) is 0 Å². The smallest absolute Gasteiger partial charge is 0.247 e. The van der Waals surface area contributed by atoms with E-state index in [0.29, 0.717) is 19.4 Å². The lowest BCUT2D eigenvalue weighted by atomic mass is 10.1. The molecule has 0 spiro atoms. The monoisotopic (exact) mass is 323 g/mol. The first kappa shape index (κ1) is 15.3. The predicted octanol–water partition coefficient (Wildman–Crippen LogP) is 1.31. The number of rotatable bonds is 5. The number of hydrogen-bond acceptors (Lipinski definition) is 4. The van der Waals surface area contributed by atoms with Gasteiger partial charge in [0.05, 0.1) is 17.1 Å². The van der Waals surface area contributed by atoms with E-state index in [1.807, 2.05) is 36.1 Å². The van der Waals surface area contributed by atoms with Gasteiger partial charge in [0.1, 0.15) is 6.04 Å². The summed E-state index contributed by atoms with van der Waals surface area (Å²) in [6, 6.07) is 7.10. The molecule has 2 heterocycles. The van der Waals surface area contributed by atoms with Crippen LogP contribution < -0.4 is 14.9 Å². The molecule has 1 aromatic rings. The third kappa shape index (κ3) is 2.96. The van der Waals surface area contributed by atoms with Crippen LogP contribution in [0, 0.1) is 0 Å². The van der Waals surface area contributed by atoms with Crippen LogP contribution in [0.2, 0.25) is 0 Å². The fourth-order valence-electron chi connectivity index (χ4n) is 3.13. The average molecular weight is 323 g/mol. The summed E-state index contributed by atoms with van der Waals surface area (Å²) in [6.45, 7) is 2.49. The van der Waals surface area contributed by atoms with Gasteiger partial charge in [-0.25, -0.2) is 13.1 Å². The zero-order chi connectivity index (χ0) is 15.7. The SMILES string of the molecule is CCCCS(=O)(=O)NC1CC2C(=O)Nc3ccccc3N2C1. The first-order valence-electron chi connectivity index (χ1n) is 7.66. The molecular formula is C15H21N3O3S. The first-order valence-corrected chi connectivity index (χ1v) is 9.32. The Labute approximate surface area is 130 Å². The Morgan fingerprint density at radius 3 is 2.91 bits per heavy atom. The van der Waals surface area contributed by atoms with E-state index in [-0.39, 0.29) is 23.7 Å². The van der Waals surface area contributed by atoms with E-state index in [2.05, 4.69) is 10.0 Å². The molecule has 0 bridgehead atoms. The second-order valence-corrected chi connectivity index (χ2v) is 7.77. The molecule has 3 rings (SSSR count). The lowest BCUT2D eigenvalue weighted by molar-refractivity contribution is -0.117. The summed E-state index contributed by atoms with van der Waals surface area (Å²) in [4.78, 5) is 14.2. The number of anilines is 2. The van der Waals surface area contributed by atoms with Crippen molar-refractivity contribution < 1.29 is 13.2 Å². The third-order valence-electron chi connectivity index (χ3n) is 4.19. The Morgan fingerprint density at radius 1 is 1.36 bits per heavy atom. The highest BCUT2D eigenvalue weighted by Crippen LogP contribution is 2.36. The molecule has 0 aromatic heterocycles. The van der Waals surface area contributed by atoms with Crippen LogP contribution in [0.5, 0.6) is 0 Å². The van der Waals surface area contributed by atoms with Crippen LogP contribution in [-0.4, -0.2) is 38.7 Å². The zero-order valence-electron chi connectivity index (χ0n) is 12.6. The summed E-state index contributed by atoms with van der Waals surface area (Å²) in [6.07, 6.45) is 2.00. The minimum absolute atomic E-state index is 0.0612. The fraction of sp³-hybridized carbons (Fsp3) is 0.533. The minimum Gasteiger partial charge on any atom is -0.356 e. The van der Waals surface area contributed by atoms with Gasteiger partial charge in [-0.3, -0.25) is 4.79 Å². The van der Waals surface area contributed by atoms with Crippen LogP contribution in [0.3, 0.4) is 0 Å². The normalized spacial score (nSPS) is 23.9. The number of hydrogen-bond donors (Lipinski definition) is 2. The van der Waals surface area contributed by atoms with E-state index in [9.17, 15) is 13.2 Å². The molecule has 7 heteroatoms. The van der Waals surface area contributed by atoms with Crippen molar-refractivity contribution in [1.29, 1.82) is 0 Å². The van der Waals surface area contributed by atoms with Crippen molar-refractivity contribution >= 4 is 27.3 Å². The standard InChI is InChI=1S/C15H21N3O3S/c1-2-3-8-22(20,21)17-11-9-14-15(19)16-12-6-4-5-7-13(12)18(14)10-11/h4-7,11,14,17H,2-3,8-10H2,1H3,(H,16,19). The summed E-state index contributed by atoms with van der Waals surface area (Å²) in [5.74, 6) is 0.0851. The number of para-hydroxylation sites is 2. The van der Waals surface area contributed by atoms with Gasteiger partial charge in [-0.15, -0.1) is 0 Å². The average Bonchev–Trinajstić information content (AvgIpc) is 2.89. The molecule has 0 saturated carbocycles. The molecule has 2 aliphatic heterocycles. The number of nitrogens with one attached hydrogen (secondary N) is 2. The quantitative estimate of drug-likeness (QED) is 0.856. The summed E-state index contributed by atoms with van der Waals surface area (Å²) >= 11 is 0. The van der Waals surface area contributed by atoms with Crippen LogP contribution in [0.1, 0.15) is 26.2 Å². The van der Waals surface area contributed by atoms with E-state index in [0.717, 1.165) is 17.8 Å². The maximum Gasteiger partial charge on any atom is 0.247 e. The van der Waals surface area contributed by atoms with E-state index in [1.54, 1.807) is 0 Å². The first-order chi connectivity index (χ1) is 10.5. The zero-order valence-corrected chi connectivity index (χ0v) is 13.4. The largest absolute Gasteiger partial charge is 0.356 e. The maximum absolute atomic E-state index is 12.2. The fourth-order valence-corrected chi connectivity index (χ4v) is 4.59. The Morgan fingerprint density at radius 2 is 2.14 bits per heavy atom. The molecular weight excluding hydrogens is 302 g/mol. The number of carbonyl (C=O) groups is 1. The second kappa shape index (κ2) is 5.89. The highest BCUT2D eigenvalue weighted by atomic mass is 32.2. The molecule has 2 unspecified atom stereocenters. The van der Waals surface area contributed by atoms with Gasteiger partial charge in [0.2, 0.25) is 15.9 Å². The molecule has 1 aromatic carbocycles. The summed E-state index contributed by atoms with van der Waals surface area (Å²) in [5, 5.41) is 2.89. The Hall–Kier alpha value is -1.60. The van der Waals surface area contributed by atoms with Crippen LogP contribution >= 0.6 is 0 Å². The van der Waals surface area contributed by atoms with Gasteiger partial charge >= 0.3 is 0 Å². The highest BCUT2D eigenvalue weighted by Gasteiger charge is 2.41. The molecule has 1 saturated heterocycles. The van der Waals surface area contributed by atoms with Crippen LogP contribution in [-0.2, 0) is 14.8 Å². The number of sulfonamides is 1. The van der Waals surface area contributed by atoms with E-state index < -0.39 is 10.0 Å². The van der Waals surface area contributed by atoms with Gasteiger partial charge in [-0.1, -0.05) is 25.5 Å². The van der Waals surface area contributed by atoms with Crippen molar-refractivity contribution in [2.24, 2.45) is 0 Å². The number of unbranched alkanes of at least 4 members (excludes halogenated alkanes) is 1. The van der Waals surface area contributed by atoms with E-state index >= 15 is 0 Å². The maximum atomic E-state index is 12.2. The van der Waals surface area contributed by atoms with Gasteiger partial charge in [0.15, 0.2) is 0 Å². The van der Waals surface area contributed by atoms with Gasteiger partial charge < -0.3 is 10.2 Å². The number of fused-ring (bicyclic) bond motifs is 3. The van der Waals surface area contributed by atoms with E-state index in [1.165, 1.54) is 0 Å². The molecule has 2 atom stereocenters. The predicted molar refractivity (Wildman–Crippen MR) is 86.4 cm³/mol. The molecule has 2 N–H and O–H groups in total. The number of nitrogens with zero attached hydrogens (tertiary/aromatic N) is 1. The molecule has 22 heavy (non-hydrogen) atoms. The Bertz CT molecular complexity index is 674. The molecule has 1 fully saturated rings. The molecule has 120 valence electrons. The highest BCUT2D eigenvalue weighted by molar-refractivity contribution is 7.89. The Balaban J connectivity index is 1.75. The number of amides is 1. The lowest BCUT2D eigenvalue weighted by Crippen LogP contribution is -2.44. The summed E-state index contributed by atoms with van der Waals surface area (Å²) < 4.78 is 26.8. The second-order valence-electron chi connectivity index (χ2n) is 5.90. The summed E-state index contributed by atoms with van der Waals surface area (Å²) in [7, 11) is -3.27. The van der Waals surface area contributed by atoms with Gasteiger partial charge in [0.25, 0.3) is 0 Å². The van der Waals surface area contributed by atoms with Crippen molar-refractivity contribution in [3.8, 4) is 0 Å². The molecule has 0 radical (unpaired) electrons. The van der Waals surface area contributed by atoms with Gasteiger partial charge in [-0.2, -0.15) is 0 Å². The topological polar surface area (TPSA) is 78.5 Å². The minimum atomic E-state index is -3.27. The van der Waals surface area contributed by atoms with Crippen LogP contribution in [0.25, 0.3) is 0 Å². The lowest BCUT2D eigenvalue weighted by Gasteiger charge is -2.32. The van der Waals surface area contributed by atoms with Crippen LogP contribution in [0.4, 0.5) is 11.4 Å².